The number of halogens is 1. The highest BCUT2D eigenvalue weighted by Crippen LogP contribution is 2.35. The minimum atomic E-state index is -0.305. The first-order chi connectivity index (χ1) is 14.1. The van der Waals surface area contributed by atoms with Crippen molar-refractivity contribution in [1.29, 1.82) is 0 Å². The van der Waals surface area contributed by atoms with Gasteiger partial charge in [-0.25, -0.2) is 4.39 Å². The number of rotatable bonds is 4. The van der Waals surface area contributed by atoms with Crippen molar-refractivity contribution in [2.45, 2.75) is 18.8 Å². The smallest absolute Gasteiger partial charge is 0.253 e. The second kappa shape index (κ2) is 8.23. The maximum atomic E-state index is 13.4. The minimum Gasteiger partial charge on any atom is -0.497 e. The summed E-state index contributed by atoms with van der Waals surface area (Å²) in [6.45, 7) is 2.37. The molecule has 29 heavy (non-hydrogen) atoms. The molecule has 2 heterocycles. The van der Waals surface area contributed by atoms with Crippen LogP contribution in [0.15, 0.2) is 48.5 Å². The first kappa shape index (κ1) is 19.4. The van der Waals surface area contributed by atoms with Crippen molar-refractivity contribution in [3.05, 3.63) is 65.5 Å². The molecule has 0 spiro atoms. The Bertz CT molecular complexity index is 876. The number of likely N-dealkylation sites (tertiary alicyclic amines) is 2. The fourth-order valence-corrected chi connectivity index (χ4v) is 4.36. The van der Waals surface area contributed by atoms with Gasteiger partial charge in [-0.15, -0.1) is 0 Å². The molecular weight excluding hydrogens is 371 g/mol. The average molecular weight is 396 g/mol. The summed E-state index contributed by atoms with van der Waals surface area (Å²) in [5.74, 6) is -0.0559. The fourth-order valence-electron chi connectivity index (χ4n) is 4.36. The molecule has 2 aromatic rings. The molecule has 2 amide bonds. The molecule has 2 aliphatic heterocycles. The molecule has 2 aliphatic rings. The number of methoxy groups -OCH3 is 1. The molecule has 0 N–H and O–H groups in total. The van der Waals surface area contributed by atoms with Crippen LogP contribution in [0, 0.1) is 11.7 Å². The summed E-state index contributed by atoms with van der Waals surface area (Å²) < 4.78 is 18.6. The molecule has 2 atom stereocenters. The van der Waals surface area contributed by atoms with Gasteiger partial charge in [0.2, 0.25) is 5.91 Å². The molecule has 2 fully saturated rings. The SMILES string of the molecule is COc1ccc(C(=O)N2C[C@H](C(=O)N3CCCC3)[C@@H](c3ccc(F)cc3)C2)cc1. The van der Waals surface area contributed by atoms with Crippen molar-refractivity contribution in [3.8, 4) is 5.75 Å². The number of ether oxygens (including phenoxy) is 1. The monoisotopic (exact) mass is 396 g/mol. The highest BCUT2D eigenvalue weighted by molar-refractivity contribution is 5.95. The van der Waals surface area contributed by atoms with Crippen molar-refractivity contribution in [3.63, 3.8) is 0 Å². The third kappa shape index (κ3) is 3.97. The Morgan fingerprint density at radius 1 is 0.931 bits per heavy atom. The maximum Gasteiger partial charge on any atom is 0.253 e. The molecule has 0 aromatic heterocycles. The summed E-state index contributed by atoms with van der Waals surface area (Å²) in [6, 6.07) is 13.3. The number of hydrogen-bond donors (Lipinski definition) is 0. The molecule has 0 saturated carbocycles. The normalized spacial score (nSPS) is 21.4. The summed E-state index contributed by atoms with van der Waals surface area (Å²) in [4.78, 5) is 29.9. The largest absolute Gasteiger partial charge is 0.497 e. The standard InChI is InChI=1S/C23H25FN2O3/c1-29-19-10-6-17(7-11-19)22(27)26-14-20(16-4-8-18(24)9-5-16)21(15-26)23(28)25-12-2-3-13-25/h4-11,20-21H,2-3,12-15H2,1H3/t20-,21+/m1/s1. The number of hydrogen-bond acceptors (Lipinski definition) is 3. The summed E-state index contributed by atoms with van der Waals surface area (Å²) in [5, 5.41) is 0. The van der Waals surface area contributed by atoms with Gasteiger partial charge in [-0.3, -0.25) is 9.59 Å². The van der Waals surface area contributed by atoms with Gasteiger partial charge in [-0.1, -0.05) is 12.1 Å². The van der Waals surface area contributed by atoms with Crippen LogP contribution in [0.25, 0.3) is 0 Å². The molecule has 2 saturated heterocycles. The third-order valence-corrected chi connectivity index (χ3v) is 5.98. The summed E-state index contributed by atoms with van der Waals surface area (Å²) in [6.07, 6.45) is 2.04. The Labute approximate surface area is 170 Å². The van der Waals surface area contributed by atoms with Gasteiger partial charge in [0.1, 0.15) is 11.6 Å². The van der Waals surface area contributed by atoms with Crippen LogP contribution in [0.4, 0.5) is 4.39 Å². The van der Waals surface area contributed by atoms with E-state index in [0.29, 0.717) is 24.4 Å². The van der Waals surface area contributed by atoms with E-state index in [0.717, 1.165) is 31.5 Å². The van der Waals surface area contributed by atoms with Gasteiger partial charge in [-0.05, 0) is 54.8 Å². The maximum absolute atomic E-state index is 13.4. The van der Waals surface area contributed by atoms with Crippen LogP contribution in [0.3, 0.4) is 0 Å². The number of carbonyl (C=O) groups is 2. The van der Waals surface area contributed by atoms with E-state index in [1.807, 2.05) is 4.90 Å². The predicted octanol–water partition coefficient (Wildman–Crippen LogP) is 3.31. The zero-order valence-electron chi connectivity index (χ0n) is 16.5. The van der Waals surface area contributed by atoms with E-state index in [1.165, 1.54) is 12.1 Å². The second-order valence-corrected chi connectivity index (χ2v) is 7.74. The van der Waals surface area contributed by atoms with Gasteiger partial charge in [0, 0.05) is 37.7 Å². The lowest BCUT2D eigenvalue weighted by Gasteiger charge is -2.24. The van der Waals surface area contributed by atoms with Crippen molar-refractivity contribution >= 4 is 11.8 Å². The Balaban J connectivity index is 1.58. The number of carbonyl (C=O) groups excluding carboxylic acids is 2. The highest BCUT2D eigenvalue weighted by Gasteiger charge is 2.42. The van der Waals surface area contributed by atoms with Gasteiger partial charge in [0.15, 0.2) is 0 Å². The number of nitrogens with zero attached hydrogens (tertiary/aromatic N) is 2. The highest BCUT2D eigenvalue weighted by atomic mass is 19.1. The van der Waals surface area contributed by atoms with Crippen LogP contribution in [0.1, 0.15) is 34.7 Å². The van der Waals surface area contributed by atoms with Gasteiger partial charge < -0.3 is 14.5 Å². The van der Waals surface area contributed by atoms with E-state index in [2.05, 4.69) is 0 Å². The molecule has 2 aromatic carbocycles. The van der Waals surface area contributed by atoms with E-state index in [1.54, 1.807) is 48.4 Å². The van der Waals surface area contributed by atoms with E-state index >= 15 is 0 Å². The first-order valence-electron chi connectivity index (χ1n) is 10.0. The van der Waals surface area contributed by atoms with Crippen LogP contribution >= 0.6 is 0 Å². The zero-order chi connectivity index (χ0) is 20.4. The molecule has 5 nitrogen and oxygen atoms in total. The molecule has 0 aliphatic carbocycles. The van der Waals surface area contributed by atoms with Gasteiger partial charge in [0.25, 0.3) is 5.91 Å². The van der Waals surface area contributed by atoms with Crippen molar-refractivity contribution in [1.82, 2.24) is 9.80 Å². The topological polar surface area (TPSA) is 49.9 Å². The van der Waals surface area contributed by atoms with E-state index in [9.17, 15) is 14.0 Å². The first-order valence-corrected chi connectivity index (χ1v) is 10.0. The van der Waals surface area contributed by atoms with Crippen molar-refractivity contribution in [2.75, 3.05) is 33.3 Å². The Morgan fingerprint density at radius 2 is 1.59 bits per heavy atom. The lowest BCUT2D eigenvalue weighted by Crippen LogP contribution is -2.37. The Morgan fingerprint density at radius 3 is 2.21 bits per heavy atom. The molecule has 152 valence electrons. The molecule has 4 rings (SSSR count). The summed E-state index contributed by atoms with van der Waals surface area (Å²) >= 11 is 0. The van der Waals surface area contributed by atoms with E-state index in [4.69, 9.17) is 4.74 Å². The lowest BCUT2D eigenvalue weighted by atomic mass is 9.88. The quantitative estimate of drug-likeness (QED) is 0.797. The van der Waals surface area contributed by atoms with Gasteiger partial charge in [-0.2, -0.15) is 0 Å². The summed E-state index contributed by atoms with van der Waals surface area (Å²) in [5.41, 5.74) is 1.46. The van der Waals surface area contributed by atoms with E-state index < -0.39 is 0 Å². The van der Waals surface area contributed by atoms with Crippen LogP contribution < -0.4 is 4.74 Å². The molecule has 6 heteroatoms. The van der Waals surface area contributed by atoms with Crippen LogP contribution in [-0.2, 0) is 4.79 Å². The second-order valence-electron chi connectivity index (χ2n) is 7.74. The van der Waals surface area contributed by atoms with Crippen molar-refractivity contribution < 1.29 is 18.7 Å². The Hall–Kier alpha value is -2.89. The minimum absolute atomic E-state index is 0.0989. The van der Waals surface area contributed by atoms with Crippen LogP contribution in [-0.4, -0.2) is 54.9 Å². The molecule has 0 radical (unpaired) electrons. The van der Waals surface area contributed by atoms with Crippen molar-refractivity contribution in [2.24, 2.45) is 5.92 Å². The third-order valence-electron chi connectivity index (χ3n) is 5.98. The molecular formula is C23H25FN2O3. The number of amides is 2. The summed E-state index contributed by atoms with van der Waals surface area (Å²) in [7, 11) is 1.58. The van der Waals surface area contributed by atoms with Gasteiger partial charge in [0.05, 0.1) is 13.0 Å². The van der Waals surface area contributed by atoms with Gasteiger partial charge >= 0.3 is 0 Å². The number of benzene rings is 2. The fraction of sp³-hybridized carbons (Fsp3) is 0.391. The predicted molar refractivity (Wildman–Crippen MR) is 107 cm³/mol. The molecule has 0 unspecified atom stereocenters. The van der Waals surface area contributed by atoms with Crippen LogP contribution in [0.5, 0.6) is 5.75 Å². The lowest BCUT2D eigenvalue weighted by molar-refractivity contribution is -0.134. The molecule has 0 bridgehead atoms. The van der Waals surface area contributed by atoms with E-state index in [-0.39, 0.29) is 29.5 Å². The Kier molecular flexibility index (Phi) is 5.51. The average Bonchev–Trinajstić information content (AvgIpc) is 3.44. The van der Waals surface area contributed by atoms with Crippen LogP contribution in [0.2, 0.25) is 0 Å². The zero-order valence-corrected chi connectivity index (χ0v) is 16.5.